The Bertz CT molecular complexity index is 1600. The van der Waals surface area contributed by atoms with Gasteiger partial charge in [-0.3, -0.25) is 9.58 Å². The molecule has 14 heteroatoms. The van der Waals surface area contributed by atoms with Gasteiger partial charge in [0.25, 0.3) is 5.88 Å². The Balaban J connectivity index is 1.13. The second kappa shape index (κ2) is 16.3. The first-order chi connectivity index (χ1) is 23.7. The summed E-state index contributed by atoms with van der Waals surface area (Å²) in [7, 11) is 1.70. The number of anilines is 2. The molecule has 0 unspecified atom stereocenters. The zero-order valence-electron chi connectivity index (χ0n) is 29.0. The monoisotopic (exact) mass is 693 g/mol. The zero-order valence-corrected chi connectivity index (χ0v) is 29.8. The molecule has 4 atom stereocenters. The Labute approximate surface area is 293 Å². The third kappa shape index (κ3) is 9.27. The molecule has 49 heavy (non-hydrogen) atoms. The topological polar surface area (TPSA) is 127 Å². The molecule has 1 aliphatic carbocycles. The van der Waals surface area contributed by atoms with Crippen molar-refractivity contribution in [2.24, 2.45) is 0 Å². The fourth-order valence-corrected chi connectivity index (χ4v) is 6.91. The number of aromatic nitrogens is 7. The summed E-state index contributed by atoms with van der Waals surface area (Å²) >= 11 is 6.48. The summed E-state index contributed by atoms with van der Waals surface area (Å²) < 4.78 is 27.5. The van der Waals surface area contributed by atoms with Gasteiger partial charge in [-0.05, 0) is 71.1 Å². The number of morpholine rings is 1. The number of benzene rings is 1. The van der Waals surface area contributed by atoms with Crippen LogP contribution in [-0.2, 0) is 16.0 Å². The average molecular weight is 694 g/mol. The van der Waals surface area contributed by atoms with E-state index in [1.165, 1.54) is 6.33 Å². The third-order valence-electron chi connectivity index (χ3n) is 9.15. The largest absolute Gasteiger partial charge is 0.487 e. The molecule has 0 amide bonds. The van der Waals surface area contributed by atoms with Crippen LogP contribution in [0, 0.1) is 0 Å². The van der Waals surface area contributed by atoms with Crippen LogP contribution in [0.3, 0.4) is 0 Å². The highest BCUT2D eigenvalue weighted by atomic mass is 35.5. The normalized spacial score (nSPS) is 22.8. The summed E-state index contributed by atoms with van der Waals surface area (Å²) in [6.45, 7) is 11.5. The number of hydrogen-bond donors (Lipinski definition) is 1. The van der Waals surface area contributed by atoms with Crippen molar-refractivity contribution in [2.75, 3.05) is 32.1 Å². The molecule has 13 nitrogen and oxygen atoms in total. The minimum Gasteiger partial charge on any atom is -0.487 e. The molecule has 1 saturated carbocycles. The van der Waals surface area contributed by atoms with Crippen LogP contribution in [0.1, 0.15) is 65.8 Å². The lowest BCUT2D eigenvalue weighted by Crippen LogP contribution is -2.51. The molecule has 2 fully saturated rings. The minimum atomic E-state index is -0.167. The van der Waals surface area contributed by atoms with Crippen LogP contribution in [-0.4, -0.2) is 96.7 Å². The molecule has 0 spiro atoms. The van der Waals surface area contributed by atoms with Crippen LogP contribution in [0.4, 0.5) is 11.6 Å². The third-order valence-corrected chi connectivity index (χ3v) is 9.46. The van der Waals surface area contributed by atoms with Crippen molar-refractivity contribution in [1.82, 2.24) is 39.4 Å². The quantitative estimate of drug-likeness (QED) is 0.162. The highest BCUT2D eigenvalue weighted by Gasteiger charge is 2.32. The molecule has 2 aliphatic rings. The second-order valence-corrected chi connectivity index (χ2v) is 13.7. The van der Waals surface area contributed by atoms with E-state index in [2.05, 4.69) is 48.8 Å². The molecule has 6 rings (SSSR count). The maximum atomic E-state index is 6.48. The summed E-state index contributed by atoms with van der Waals surface area (Å²) in [4.78, 5) is 15.9. The molecule has 1 saturated heterocycles. The summed E-state index contributed by atoms with van der Waals surface area (Å²) in [6, 6.07) is 6.52. The molecule has 1 N–H and O–H groups in total. The van der Waals surface area contributed by atoms with E-state index in [1.807, 2.05) is 38.2 Å². The molecule has 1 aliphatic heterocycles. The van der Waals surface area contributed by atoms with Crippen molar-refractivity contribution in [3.05, 3.63) is 54.5 Å². The first kappa shape index (κ1) is 35.1. The standard InChI is InChI=1S/C35H48ClN9O4/c1-23(12-13-46-5)49-34-32(20-45(42-34)30-9-7-29(8-10-30)43-17-24(2)47-25(3)18-43)41-35-38-15-28(16-39-35)27-6-11-31(36)33(14-27)48-26(4)19-44-22-37-21-40-44/h6,11,14-16,20-26,29-30H,7-10,12-13,17-19H2,1-5H3,(H,38,39,41)/t23-,24-,25+,26-,29?,30?/m0/s1. The van der Waals surface area contributed by atoms with Gasteiger partial charge in [0.05, 0.1) is 42.1 Å². The molecule has 4 aromatic rings. The van der Waals surface area contributed by atoms with Crippen molar-refractivity contribution in [2.45, 2.75) is 103 Å². The Morgan fingerprint density at radius 3 is 2.41 bits per heavy atom. The van der Waals surface area contributed by atoms with Gasteiger partial charge < -0.3 is 24.3 Å². The maximum Gasteiger partial charge on any atom is 0.257 e. The van der Waals surface area contributed by atoms with Crippen LogP contribution in [0.25, 0.3) is 11.1 Å². The van der Waals surface area contributed by atoms with E-state index in [0.29, 0.717) is 47.8 Å². The van der Waals surface area contributed by atoms with Crippen molar-refractivity contribution in [1.29, 1.82) is 0 Å². The van der Waals surface area contributed by atoms with Gasteiger partial charge in [-0.1, -0.05) is 17.7 Å². The number of nitrogens with zero attached hydrogens (tertiary/aromatic N) is 8. The lowest BCUT2D eigenvalue weighted by molar-refractivity contribution is -0.0852. The lowest BCUT2D eigenvalue weighted by Gasteiger charge is -2.42. The van der Waals surface area contributed by atoms with Crippen LogP contribution in [0.5, 0.6) is 11.6 Å². The predicted octanol–water partition coefficient (Wildman–Crippen LogP) is 6.19. The van der Waals surface area contributed by atoms with E-state index in [-0.39, 0.29) is 24.4 Å². The molecule has 1 aromatic carbocycles. The van der Waals surface area contributed by atoms with Crippen LogP contribution >= 0.6 is 11.6 Å². The number of ether oxygens (including phenoxy) is 4. The van der Waals surface area contributed by atoms with Crippen LogP contribution in [0.15, 0.2) is 49.4 Å². The summed E-state index contributed by atoms with van der Waals surface area (Å²) in [6.07, 6.45) is 14.2. The van der Waals surface area contributed by atoms with E-state index >= 15 is 0 Å². The lowest BCUT2D eigenvalue weighted by atomic mass is 9.89. The number of nitrogens with one attached hydrogen (secondary N) is 1. The Kier molecular flexibility index (Phi) is 11.7. The van der Waals surface area contributed by atoms with E-state index in [1.54, 1.807) is 30.5 Å². The molecule has 0 radical (unpaired) electrons. The van der Waals surface area contributed by atoms with E-state index in [4.69, 9.17) is 35.6 Å². The van der Waals surface area contributed by atoms with Gasteiger partial charge in [0.15, 0.2) is 0 Å². The zero-order chi connectivity index (χ0) is 34.3. The highest BCUT2D eigenvalue weighted by molar-refractivity contribution is 6.32. The molecule has 0 bridgehead atoms. The number of methoxy groups -OCH3 is 1. The fourth-order valence-electron chi connectivity index (χ4n) is 6.75. The van der Waals surface area contributed by atoms with Crippen LogP contribution in [0.2, 0.25) is 5.02 Å². The van der Waals surface area contributed by atoms with Gasteiger partial charge in [-0.15, -0.1) is 5.10 Å². The molecule has 264 valence electrons. The van der Waals surface area contributed by atoms with Crippen molar-refractivity contribution in [3.63, 3.8) is 0 Å². The van der Waals surface area contributed by atoms with Gasteiger partial charge in [0.2, 0.25) is 5.95 Å². The van der Waals surface area contributed by atoms with E-state index in [0.717, 1.165) is 62.0 Å². The summed E-state index contributed by atoms with van der Waals surface area (Å²) in [5.41, 5.74) is 2.45. The summed E-state index contributed by atoms with van der Waals surface area (Å²) in [5, 5.41) is 13.0. The van der Waals surface area contributed by atoms with Crippen molar-refractivity contribution in [3.8, 4) is 22.8 Å². The van der Waals surface area contributed by atoms with Crippen molar-refractivity contribution < 1.29 is 18.9 Å². The molecular formula is C35H48ClN9O4. The van der Waals surface area contributed by atoms with E-state index in [9.17, 15) is 0 Å². The van der Waals surface area contributed by atoms with Gasteiger partial charge in [0, 0.05) is 57.2 Å². The maximum absolute atomic E-state index is 6.48. The van der Waals surface area contributed by atoms with Gasteiger partial charge >= 0.3 is 0 Å². The predicted molar refractivity (Wildman–Crippen MR) is 188 cm³/mol. The number of halogens is 1. The Morgan fingerprint density at radius 2 is 1.71 bits per heavy atom. The minimum absolute atomic E-state index is 0.0755. The fraction of sp³-hybridized carbons (Fsp3) is 0.571. The number of rotatable bonds is 14. The average Bonchev–Trinajstić information content (AvgIpc) is 3.74. The van der Waals surface area contributed by atoms with Crippen molar-refractivity contribution >= 4 is 23.2 Å². The Morgan fingerprint density at radius 1 is 0.980 bits per heavy atom. The molecule has 3 aromatic heterocycles. The van der Waals surface area contributed by atoms with Gasteiger partial charge in [-0.2, -0.15) is 5.10 Å². The first-order valence-electron chi connectivity index (χ1n) is 17.3. The van der Waals surface area contributed by atoms with Gasteiger partial charge in [-0.25, -0.2) is 19.6 Å². The first-order valence-corrected chi connectivity index (χ1v) is 17.6. The van der Waals surface area contributed by atoms with Crippen LogP contribution < -0.4 is 14.8 Å². The van der Waals surface area contributed by atoms with E-state index < -0.39 is 0 Å². The number of hydrogen-bond acceptors (Lipinski definition) is 11. The SMILES string of the molecule is COCC[C@H](C)Oc1nn(C2CCC(N3C[C@@H](C)O[C@@H](C)C3)CC2)cc1Nc1ncc(-c2ccc(Cl)c(O[C@@H](C)Cn3cncn3)c2)cn1. The molecular weight excluding hydrogens is 646 g/mol. The highest BCUT2D eigenvalue weighted by Crippen LogP contribution is 2.36. The Hall–Kier alpha value is -3.78. The smallest absolute Gasteiger partial charge is 0.257 e. The second-order valence-electron chi connectivity index (χ2n) is 13.3. The summed E-state index contributed by atoms with van der Waals surface area (Å²) in [5.74, 6) is 1.56. The molecule has 4 heterocycles. The van der Waals surface area contributed by atoms with Gasteiger partial charge in [0.1, 0.15) is 30.2 Å².